The topological polar surface area (TPSA) is 54.9 Å². The van der Waals surface area contributed by atoms with Gasteiger partial charge in [0.2, 0.25) is 0 Å². The number of Topliss-reactive ketones (excluding diaryl/α,β-unsaturated/α-hetero) is 1. The van der Waals surface area contributed by atoms with Crippen LogP contribution in [0.25, 0.3) is 0 Å². The van der Waals surface area contributed by atoms with E-state index in [1.165, 1.54) is 7.05 Å². The first kappa shape index (κ1) is 20.0. The second-order valence-corrected chi connectivity index (χ2v) is 5.93. The van der Waals surface area contributed by atoms with Crippen molar-refractivity contribution in [3.8, 4) is 0 Å². The van der Waals surface area contributed by atoms with Crippen molar-refractivity contribution in [2.75, 3.05) is 12.4 Å². The maximum absolute atomic E-state index is 13.5. The highest BCUT2D eigenvalue weighted by Crippen LogP contribution is 2.32. The fraction of sp³-hybridized carbons (Fsp3) is 0.312. The molecule has 140 valence electrons. The van der Waals surface area contributed by atoms with Crippen LogP contribution in [0.3, 0.4) is 0 Å². The molecule has 10 heteroatoms. The normalized spacial score (nSPS) is 12.2. The van der Waals surface area contributed by atoms with Crippen molar-refractivity contribution >= 4 is 23.2 Å². The van der Waals surface area contributed by atoms with Gasteiger partial charge in [-0.15, -0.1) is 0 Å². The molecule has 0 unspecified atom stereocenters. The van der Waals surface area contributed by atoms with Gasteiger partial charge in [0, 0.05) is 43.9 Å². The highest BCUT2D eigenvalue weighted by atomic mass is 35.5. The van der Waals surface area contributed by atoms with Gasteiger partial charge in [-0.05, 0) is 12.1 Å². The Balaban J connectivity index is 2.35. The molecular weight excluding hydrogens is 381 g/mol. The van der Waals surface area contributed by atoms with Crippen molar-refractivity contribution in [3.63, 3.8) is 0 Å². The lowest BCUT2D eigenvalue weighted by atomic mass is 10.0. The number of ketones is 1. The van der Waals surface area contributed by atoms with E-state index < -0.39 is 40.5 Å². The van der Waals surface area contributed by atoms with Crippen LogP contribution in [0, 0.1) is 0 Å². The van der Waals surface area contributed by atoms with Crippen molar-refractivity contribution in [3.05, 3.63) is 51.9 Å². The fourth-order valence-electron chi connectivity index (χ4n) is 2.17. The van der Waals surface area contributed by atoms with Crippen LogP contribution in [0.2, 0.25) is 5.02 Å². The summed E-state index contributed by atoms with van der Waals surface area (Å²) < 4.78 is 64.8. The Kier molecular flexibility index (Phi) is 5.50. The summed E-state index contributed by atoms with van der Waals surface area (Å²) in [6.45, 7) is 0.683. The summed E-state index contributed by atoms with van der Waals surface area (Å²) in [6, 6.07) is 1.70. The third-order valence-electron chi connectivity index (χ3n) is 3.49. The molecule has 0 fully saturated rings. The summed E-state index contributed by atoms with van der Waals surface area (Å²) in [4.78, 5) is 19.7. The van der Waals surface area contributed by atoms with E-state index in [1.54, 1.807) is 0 Å². The van der Waals surface area contributed by atoms with Crippen molar-refractivity contribution in [1.29, 1.82) is 0 Å². The minimum Gasteiger partial charge on any atom is -0.373 e. The van der Waals surface area contributed by atoms with E-state index in [9.17, 15) is 26.7 Å². The quantitative estimate of drug-likeness (QED) is 0.589. The molecule has 0 saturated carbocycles. The first-order chi connectivity index (χ1) is 11.9. The van der Waals surface area contributed by atoms with Crippen LogP contribution in [0.15, 0.2) is 24.5 Å². The first-order valence-electron chi connectivity index (χ1n) is 7.24. The monoisotopic (exact) mass is 393 g/mol. The highest BCUT2D eigenvalue weighted by Gasteiger charge is 2.32. The zero-order valence-corrected chi connectivity index (χ0v) is 14.3. The van der Waals surface area contributed by atoms with Gasteiger partial charge in [-0.25, -0.2) is 13.8 Å². The molecule has 0 aliphatic heterocycles. The van der Waals surface area contributed by atoms with E-state index >= 15 is 0 Å². The number of nitrogens with one attached hydrogen (secondary N) is 1. The second-order valence-electron chi connectivity index (χ2n) is 5.52. The van der Waals surface area contributed by atoms with Crippen molar-refractivity contribution in [1.82, 2.24) is 9.97 Å². The Morgan fingerprint density at radius 2 is 1.73 bits per heavy atom. The number of carbonyl (C=O) groups is 1. The summed E-state index contributed by atoms with van der Waals surface area (Å²) >= 11 is 5.74. The van der Waals surface area contributed by atoms with Crippen LogP contribution in [-0.4, -0.2) is 22.8 Å². The molecule has 2 rings (SSSR count). The average Bonchev–Trinajstić information content (AvgIpc) is 2.52. The zero-order valence-electron chi connectivity index (χ0n) is 13.6. The van der Waals surface area contributed by atoms with Gasteiger partial charge in [0.1, 0.15) is 11.5 Å². The summed E-state index contributed by atoms with van der Waals surface area (Å²) in [5, 5.41) is 2.19. The minimum absolute atomic E-state index is 0.147. The zero-order chi connectivity index (χ0) is 19.7. The van der Waals surface area contributed by atoms with Crippen molar-refractivity contribution in [2.45, 2.75) is 25.4 Å². The van der Waals surface area contributed by atoms with Gasteiger partial charge in [-0.1, -0.05) is 11.6 Å². The predicted octanol–water partition coefficient (Wildman–Crippen LogP) is 4.73. The fourth-order valence-corrected chi connectivity index (χ4v) is 2.44. The van der Waals surface area contributed by atoms with E-state index in [4.69, 9.17) is 11.6 Å². The number of anilines is 1. The van der Waals surface area contributed by atoms with Gasteiger partial charge in [-0.2, -0.15) is 13.2 Å². The molecule has 0 radical (unpaired) electrons. The molecule has 4 nitrogen and oxygen atoms in total. The third-order valence-corrected chi connectivity index (χ3v) is 3.78. The molecule has 26 heavy (non-hydrogen) atoms. The Labute approximate surface area is 150 Å². The van der Waals surface area contributed by atoms with E-state index in [2.05, 4.69) is 15.3 Å². The molecular formula is C16H13ClF5N3O. The molecule has 1 N–H and O–H groups in total. The van der Waals surface area contributed by atoms with Gasteiger partial charge in [0.15, 0.2) is 5.78 Å². The maximum Gasteiger partial charge on any atom is 0.417 e. The van der Waals surface area contributed by atoms with E-state index in [1.807, 2.05) is 0 Å². The number of aromatic nitrogens is 2. The Morgan fingerprint density at radius 3 is 2.23 bits per heavy atom. The van der Waals surface area contributed by atoms with Gasteiger partial charge in [0.05, 0.1) is 10.6 Å². The van der Waals surface area contributed by atoms with Crippen LogP contribution >= 0.6 is 11.6 Å². The predicted molar refractivity (Wildman–Crippen MR) is 85.6 cm³/mol. The van der Waals surface area contributed by atoms with E-state index in [0.717, 1.165) is 12.3 Å². The average molecular weight is 394 g/mol. The van der Waals surface area contributed by atoms with Crippen LogP contribution in [0.5, 0.6) is 0 Å². The Bertz CT molecular complexity index is 834. The summed E-state index contributed by atoms with van der Waals surface area (Å²) in [5.74, 6) is -3.70. The largest absolute Gasteiger partial charge is 0.417 e. The number of hydrogen-bond donors (Lipinski definition) is 1. The van der Waals surface area contributed by atoms with Crippen molar-refractivity contribution < 1.29 is 26.7 Å². The molecule has 0 saturated heterocycles. The number of alkyl halides is 5. The minimum atomic E-state index is -4.65. The molecule has 0 bridgehead atoms. The molecule has 0 atom stereocenters. The molecule has 0 aromatic carbocycles. The number of nitrogens with zero attached hydrogens (tertiary/aromatic N) is 2. The SMILES string of the molecule is CNc1ncc(C(C)(F)F)cc1CC(=O)c1ncc(C(F)(F)F)cc1Cl. The highest BCUT2D eigenvalue weighted by molar-refractivity contribution is 6.33. The number of rotatable bonds is 5. The lowest BCUT2D eigenvalue weighted by molar-refractivity contribution is -0.137. The molecule has 0 aliphatic rings. The standard InChI is InChI=1S/C16H13ClF5N3O/c1-15(18,19)9-3-8(14(23-2)25-6-9)4-12(26)13-11(17)5-10(7-24-13)16(20,21)22/h3,5-7H,4H2,1-2H3,(H,23,25). The first-order valence-corrected chi connectivity index (χ1v) is 7.62. The van der Waals surface area contributed by atoms with Crippen LogP contribution in [0.1, 0.15) is 34.1 Å². The molecule has 2 aromatic rings. The molecule has 0 spiro atoms. The summed E-state index contributed by atoms with van der Waals surface area (Å²) in [7, 11) is 1.49. The number of pyridine rings is 2. The van der Waals surface area contributed by atoms with Crippen LogP contribution in [-0.2, 0) is 18.5 Å². The Hall–Kier alpha value is -2.29. The van der Waals surface area contributed by atoms with Gasteiger partial charge in [-0.3, -0.25) is 9.78 Å². The summed E-state index contributed by atoms with van der Waals surface area (Å²) in [5.41, 5.74) is -1.72. The molecule has 2 heterocycles. The lowest BCUT2D eigenvalue weighted by Crippen LogP contribution is -2.14. The Morgan fingerprint density at radius 1 is 1.12 bits per heavy atom. The molecule has 0 amide bonds. The smallest absolute Gasteiger partial charge is 0.373 e. The molecule has 0 aliphatic carbocycles. The van der Waals surface area contributed by atoms with E-state index in [-0.39, 0.29) is 17.1 Å². The maximum atomic E-state index is 13.5. The number of carbonyl (C=O) groups excluding carboxylic acids is 1. The van der Waals surface area contributed by atoms with E-state index in [0.29, 0.717) is 19.2 Å². The van der Waals surface area contributed by atoms with Crippen LogP contribution in [0.4, 0.5) is 27.8 Å². The van der Waals surface area contributed by atoms with Crippen molar-refractivity contribution in [2.24, 2.45) is 0 Å². The third kappa shape index (κ3) is 4.46. The number of hydrogen-bond acceptors (Lipinski definition) is 4. The second kappa shape index (κ2) is 7.14. The number of halogens is 6. The van der Waals surface area contributed by atoms with Gasteiger partial charge < -0.3 is 5.32 Å². The summed E-state index contributed by atoms with van der Waals surface area (Å²) in [6.07, 6.45) is -3.59. The molecule has 2 aromatic heterocycles. The lowest BCUT2D eigenvalue weighted by Gasteiger charge is -2.14. The van der Waals surface area contributed by atoms with Gasteiger partial charge >= 0.3 is 6.18 Å². The van der Waals surface area contributed by atoms with Gasteiger partial charge in [0.25, 0.3) is 5.92 Å². The van der Waals surface area contributed by atoms with Crippen LogP contribution < -0.4 is 5.32 Å².